The summed E-state index contributed by atoms with van der Waals surface area (Å²) in [4.78, 5) is 10.9. The Balaban J connectivity index is 1.56. The zero-order chi connectivity index (χ0) is 14.7. The van der Waals surface area contributed by atoms with Crippen LogP contribution in [0.3, 0.4) is 0 Å². The zero-order valence-corrected chi connectivity index (χ0v) is 12.8. The van der Waals surface area contributed by atoms with Crippen LogP contribution in [-0.2, 0) is 11.2 Å². The van der Waals surface area contributed by atoms with Gasteiger partial charge in [0.1, 0.15) is 0 Å². The van der Waals surface area contributed by atoms with Crippen molar-refractivity contribution in [1.29, 1.82) is 0 Å². The van der Waals surface area contributed by atoms with E-state index < -0.39 is 5.97 Å². The van der Waals surface area contributed by atoms with Crippen LogP contribution < -0.4 is 0 Å². The lowest BCUT2D eigenvalue weighted by molar-refractivity contribution is -0.138. The Bertz CT molecular complexity index is 473. The Morgan fingerprint density at radius 2 is 1.81 bits per heavy atom. The number of hydrogen-bond acceptors (Lipinski definition) is 1. The zero-order valence-electron chi connectivity index (χ0n) is 12.8. The third-order valence-electron chi connectivity index (χ3n) is 5.24. The molecule has 2 heteroatoms. The average molecular weight is 286 g/mol. The summed E-state index contributed by atoms with van der Waals surface area (Å²) >= 11 is 0. The Morgan fingerprint density at radius 1 is 1.05 bits per heavy atom. The molecule has 21 heavy (non-hydrogen) atoms. The highest BCUT2D eigenvalue weighted by Gasteiger charge is 2.25. The van der Waals surface area contributed by atoms with Gasteiger partial charge in [-0.2, -0.15) is 0 Å². The quantitative estimate of drug-likeness (QED) is 0.817. The van der Waals surface area contributed by atoms with Crippen LogP contribution in [0.5, 0.6) is 0 Å². The molecule has 0 saturated heterocycles. The number of carbonyl (C=O) groups is 1. The van der Waals surface area contributed by atoms with E-state index in [4.69, 9.17) is 5.11 Å². The first kappa shape index (κ1) is 14.6. The van der Waals surface area contributed by atoms with Crippen molar-refractivity contribution >= 4 is 5.97 Å². The molecule has 2 atom stereocenters. The van der Waals surface area contributed by atoms with Gasteiger partial charge in [-0.1, -0.05) is 43.5 Å². The molecule has 2 nitrogen and oxygen atoms in total. The Labute approximate surface area is 127 Å². The van der Waals surface area contributed by atoms with Crippen LogP contribution in [0.25, 0.3) is 0 Å². The third kappa shape index (κ3) is 4.33. The van der Waals surface area contributed by atoms with Gasteiger partial charge in [0.2, 0.25) is 0 Å². The first-order valence-electron chi connectivity index (χ1n) is 8.51. The van der Waals surface area contributed by atoms with Crippen LogP contribution in [-0.4, -0.2) is 11.1 Å². The molecule has 2 aliphatic carbocycles. The topological polar surface area (TPSA) is 37.3 Å². The lowest BCUT2D eigenvalue weighted by Gasteiger charge is -2.28. The molecule has 1 N–H and O–H groups in total. The van der Waals surface area contributed by atoms with Crippen molar-refractivity contribution in [2.24, 2.45) is 11.8 Å². The number of carboxylic acids is 1. The lowest BCUT2D eigenvalue weighted by Crippen LogP contribution is -2.17. The van der Waals surface area contributed by atoms with Crippen LogP contribution in [0.4, 0.5) is 0 Å². The van der Waals surface area contributed by atoms with Gasteiger partial charge < -0.3 is 5.11 Å². The molecular formula is C19H26O2. The van der Waals surface area contributed by atoms with E-state index in [1.54, 1.807) is 0 Å². The van der Waals surface area contributed by atoms with Crippen molar-refractivity contribution in [3.63, 3.8) is 0 Å². The summed E-state index contributed by atoms with van der Waals surface area (Å²) in [7, 11) is 0. The minimum atomic E-state index is -0.643. The molecule has 3 rings (SSSR count). The number of hydrogen-bond donors (Lipinski definition) is 1. The Kier molecular flexibility index (Phi) is 4.62. The first-order valence-corrected chi connectivity index (χ1v) is 8.51. The van der Waals surface area contributed by atoms with Gasteiger partial charge in [0.15, 0.2) is 0 Å². The molecule has 0 radical (unpaired) electrons. The third-order valence-corrected chi connectivity index (χ3v) is 5.24. The fourth-order valence-electron chi connectivity index (χ4n) is 3.76. The Hall–Kier alpha value is -1.31. The summed E-state index contributed by atoms with van der Waals surface area (Å²) in [6.07, 6.45) is 10.3. The highest BCUT2D eigenvalue weighted by molar-refractivity contribution is 5.67. The van der Waals surface area contributed by atoms with Crippen molar-refractivity contribution in [3.8, 4) is 0 Å². The van der Waals surface area contributed by atoms with Gasteiger partial charge in [-0.3, -0.25) is 4.79 Å². The van der Waals surface area contributed by atoms with E-state index in [0.717, 1.165) is 18.8 Å². The van der Waals surface area contributed by atoms with E-state index in [0.29, 0.717) is 18.3 Å². The maximum atomic E-state index is 10.9. The van der Waals surface area contributed by atoms with Gasteiger partial charge >= 0.3 is 5.97 Å². The van der Waals surface area contributed by atoms with E-state index in [-0.39, 0.29) is 0 Å². The number of aliphatic carboxylic acids is 1. The highest BCUT2D eigenvalue weighted by Crippen LogP contribution is 2.38. The van der Waals surface area contributed by atoms with Crippen LogP contribution in [0.1, 0.15) is 68.4 Å². The van der Waals surface area contributed by atoms with E-state index in [9.17, 15) is 4.79 Å². The Morgan fingerprint density at radius 3 is 2.48 bits per heavy atom. The maximum absolute atomic E-state index is 10.9. The van der Waals surface area contributed by atoms with Crippen molar-refractivity contribution in [3.05, 3.63) is 35.4 Å². The summed E-state index contributed by atoms with van der Waals surface area (Å²) in [5.41, 5.74) is 2.88. The van der Waals surface area contributed by atoms with E-state index in [2.05, 4.69) is 24.3 Å². The van der Waals surface area contributed by atoms with Crippen LogP contribution in [0, 0.1) is 11.8 Å². The minimum Gasteiger partial charge on any atom is -0.481 e. The van der Waals surface area contributed by atoms with Gasteiger partial charge in [-0.25, -0.2) is 0 Å². The summed E-state index contributed by atoms with van der Waals surface area (Å²) in [5.74, 6) is 1.30. The fourth-order valence-corrected chi connectivity index (χ4v) is 3.76. The number of aryl methyl sites for hydroxylation is 1. The molecule has 1 aromatic rings. The summed E-state index contributed by atoms with van der Waals surface area (Å²) < 4.78 is 0. The molecule has 0 spiro atoms. The van der Waals surface area contributed by atoms with Gasteiger partial charge in [0, 0.05) is 6.42 Å². The second kappa shape index (κ2) is 6.64. The lowest BCUT2D eigenvalue weighted by atomic mass is 9.76. The predicted octanol–water partition coefficient (Wildman–Crippen LogP) is 4.78. The largest absolute Gasteiger partial charge is 0.481 e. The smallest absolute Gasteiger partial charge is 0.303 e. The number of benzene rings is 1. The molecule has 0 bridgehead atoms. The monoisotopic (exact) mass is 286 g/mol. The summed E-state index contributed by atoms with van der Waals surface area (Å²) in [6, 6.07) is 9.16. The molecule has 2 fully saturated rings. The first-order chi connectivity index (χ1) is 10.2. The van der Waals surface area contributed by atoms with E-state index in [1.807, 2.05) is 0 Å². The second-order valence-corrected chi connectivity index (χ2v) is 7.05. The van der Waals surface area contributed by atoms with Crippen molar-refractivity contribution in [1.82, 2.24) is 0 Å². The molecule has 2 saturated carbocycles. The van der Waals surface area contributed by atoms with Crippen LogP contribution in [0.2, 0.25) is 0 Å². The summed E-state index contributed by atoms with van der Waals surface area (Å²) in [6.45, 7) is 0. The molecule has 1 aromatic carbocycles. The maximum Gasteiger partial charge on any atom is 0.303 e. The average Bonchev–Trinajstić information content (AvgIpc) is 3.29. The normalized spacial score (nSPS) is 25.7. The van der Waals surface area contributed by atoms with Crippen molar-refractivity contribution in [2.75, 3.05) is 0 Å². The molecule has 0 aromatic heterocycles. The standard InChI is InChI=1S/C19H26O2/c20-19(21)13-16-2-1-3-18(12-16)17-10-8-15(9-11-17)7-6-14-4-5-14/h8-11,14,16,18H,1-7,12-13H2,(H,20,21)/t16-,18+/m1/s1. The minimum absolute atomic E-state index is 0.343. The predicted molar refractivity (Wildman–Crippen MR) is 84.4 cm³/mol. The molecule has 0 heterocycles. The molecule has 114 valence electrons. The van der Waals surface area contributed by atoms with Crippen LogP contribution in [0.15, 0.2) is 24.3 Å². The molecule has 0 aliphatic heterocycles. The van der Waals surface area contributed by atoms with Crippen molar-refractivity contribution in [2.45, 2.75) is 63.7 Å². The highest BCUT2D eigenvalue weighted by atomic mass is 16.4. The summed E-state index contributed by atoms with van der Waals surface area (Å²) in [5, 5.41) is 8.97. The van der Waals surface area contributed by atoms with Gasteiger partial charge in [0.25, 0.3) is 0 Å². The second-order valence-electron chi connectivity index (χ2n) is 7.05. The van der Waals surface area contributed by atoms with Gasteiger partial charge in [0.05, 0.1) is 0 Å². The molecular weight excluding hydrogens is 260 g/mol. The SMILES string of the molecule is O=C(O)C[C@@H]1CCC[C@H](c2ccc(CCC3CC3)cc2)C1. The number of rotatable bonds is 6. The molecule has 0 unspecified atom stereocenters. The fraction of sp³-hybridized carbons (Fsp3) is 0.632. The van der Waals surface area contributed by atoms with Crippen LogP contribution >= 0.6 is 0 Å². The van der Waals surface area contributed by atoms with Gasteiger partial charge in [-0.05, 0) is 61.0 Å². The number of carboxylic acid groups (broad SMARTS) is 1. The van der Waals surface area contributed by atoms with Gasteiger partial charge in [-0.15, -0.1) is 0 Å². The molecule has 0 amide bonds. The van der Waals surface area contributed by atoms with E-state index >= 15 is 0 Å². The van der Waals surface area contributed by atoms with Crippen molar-refractivity contribution < 1.29 is 9.90 Å². The van der Waals surface area contributed by atoms with E-state index in [1.165, 1.54) is 49.7 Å². The molecule has 2 aliphatic rings.